The van der Waals surface area contributed by atoms with Gasteiger partial charge in [-0.15, -0.1) is 0 Å². The van der Waals surface area contributed by atoms with Crippen LogP contribution in [0.25, 0.3) is 0 Å². The molecule has 2 aromatic rings. The van der Waals surface area contributed by atoms with Crippen molar-refractivity contribution < 1.29 is 19.6 Å². The van der Waals surface area contributed by atoms with Crippen LogP contribution in [0.2, 0.25) is 0 Å². The highest BCUT2D eigenvalue weighted by Crippen LogP contribution is 2.32. The van der Waals surface area contributed by atoms with E-state index < -0.39 is 10.9 Å². The number of benzene rings is 2. The van der Waals surface area contributed by atoms with Gasteiger partial charge in [0, 0.05) is 9.64 Å². The van der Waals surface area contributed by atoms with Crippen LogP contribution in [-0.4, -0.2) is 16.0 Å². The molecule has 0 aliphatic rings. The van der Waals surface area contributed by atoms with Gasteiger partial charge in [-0.2, -0.15) is 0 Å². The van der Waals surface area contributed by atoms with E-state index in [0.29, 0.717) is 11.3 Å². The third kappa shape index (κ3) is 4.15. The lowest BCUT2D eigenvalue weighted by atomic mass is 10.1. The average Bonchev–Trinajstić information content (AvgIpc) is 2.40. The summed E-state index contributed by atoms with van der Waals surface area (Å²) in [4.78, 5) is 21.2. The van der Waals surface area contributed by atoms with Crippen LogP contribution in [-0.2, 0) is 11.2 Å². The zero-order chi connectivity index (χ0) is 15.4. The Morgan fingerprint density at radius 1 is 1.29 bits per heavy atom. The van der Waals surface area contributed by atoms with Gasteiger partial charge in [0.05, 0.1) is 11.3 Å². The lowest BCUT2D eigenvalue weighted by Crippen LogP contribution is -2.00. The minimum Gasteiger partial charge on any atom is -0.481 e. The number of carboxylic acid groups (broad SMARTS) is 1. The van der Waals surface area contributed by atoms with Crippen molar-refractivity contribution in [1.29, 1.82) is 0 Å². The van der Waals surface area contributed by atoms with Gasteiger partial charge in [-0.1, -0.05) is 12.1 Å². The number of nitrogens with zero attached hydrogens (tertiary/aromatic N) is 1. The molecule has 0 saturated heterocycles. The molecule has 0 aromatic heterocycles. The first-order valence-corrected chi connectivity index (χ1v) is 6.96. The standard InChI is InChI=1S/C14H10INO5/c15-10-4-5-13(12(8-10)16(19)20)21-11-3-1-2-9(6-11)7-14(17)18/h1-6,8H,7H2,(H,17,18). The summed E-state index contributed by atoms with van der Waals surface area (Å²) in [5.74, 6) is -0.474. The maximum atomic E-state index is 11.0. The molecule has 1 N–H and O–H groups in total. The zero-order valence-corrected chi connectivity index (χ0v) is 12.8. The van der Waals surface area contributed by atoms with Crippen molar-refractivity contribution in [1.82, 2.24) is 0 Å². The minimum absolute atomic E-state index is 0.118. The van der Waals surface area contributed by atoms with Crippen molar-refractivity contribution in [2.24, 2.45) is 0 Å². The number of halogens is 1. The van der Waals surface area contributed by atoms with Gasteiger partial charge < -0.3 is 9.84 Å². The molecule has 0 heterocycles. The quantitative estimate of drug-likeness (QED) is 0.471. The highest BCUT2D eigenvalue weighted by Gasteiger charge is 2.16. The SMILES string of the molecule is O=C(O)Cc1cccc(Oc2ccc(I)cc2[N+](=O)[O-])c1. The smallest absolute Gasteiger partial charge is 0.312 e. The Kier molecular flexibility index (Phi) is 4.73. The van der Waals surface area contributed by atoms with Crippen molar-refractivity contribution in [2.75, 3.05) is 0 Å². The van der Waals surface area contributed by atoms with Gasteiger partial charge in [0.1, 0.15) is 5.75 Å². The van der Waals surface area contributed by atoms with Crippen molar-refractivity contribution in [3.05, 3.63) is 61.7 Å². The molecule has 108 valence electrons. The number of carboxylic acids is 1. The number of carbonyl (C=O) groups is 1. The van der Waals surface area contributed by atoms with Gasteiger partial charge in [-0.3, -0.25) is 14.9 Å². The number of hydrogen-bond donors (Lipinski definition) is 1. The normalized spacial score (nSPS) is 10.1. The fourth-order valence-electron chi connectivity index (χ4n) is 1.74. The average molecular weight is 399 g/mol. The van der Waals surface area contributed by atoms with Crippen molar-refractivity contribution >= 4 is 34.2 Å². The highest BCUT2D eigenvalue weighted by atomic mass is 127. The van der Waals surface area contributed by atoms with Crippen LogP contribution in [0.15, 0.2) is 42.5 Å². The number of aliphatic carboxylic acids is 1. The van der Waals surface area contributed by atoms with E-state index in [4.69, 9.17) is 9.84 Å². The molecule has 0 amide bonds. The molecule has 0 radical (unpaired) electrons. The molecule has 7 heteroatoms. The van der Waals surface area contributed by atoms with Crippen LogP contribution in [0, 0.1) is 13.7 Å². The van der Waals surface area contributed by atoms with Crippen LogP contribution in [0.5, 0.6) is 11.5 Å². The van der Waals surface area contributed by atoms with E-state index >= 15 is 0 Å². The second kappa shape index (κ2) is 6.53. The summed E-state index contributed by atoms with van der Waals surface area (Å²) < 4.78 is 6.24. The number of nitro benzene ring substituents is 1. The van der Waals surface area contributed by atoms with Crippen LogP contribution >= 0.6 is 22.6 Å². The minimum atomic E-state index is -0.951. The molecule has 0 saturated carbocycles. The highest BCUT2D eigenvalue weighted by molar-refractivity contribution is 14.1. The first-order valence-electron chi connectivity index (χ1n) is 5.88. The largest absolute Gasteiger partial charge is 0.481 e. The lowest BCUT2D eigenvalue weighted by Gasteiger charge is -2.07. The predicted molar refractivity (Wildman–Crippen MR) is 83.7 cm³/mol. The third-order valence-electron chi connectivity index (χ3n) is 2.60. The van der Waals surface area contributed by atoms with Gasteiger partial charge in [-0.05, 0) is 52.4 Å². The van der Waals surface area contributed by atoms with E-state index in [0.717, 1.165) is 3.57 Å². The Labute approximate surface area is 133 Å². The topological polar surface area (TPSA) is 89.7 Å². The van der Waals surface area contributed by atoms with E-state index in [1.165, 1.54) is 12.1 Å². The fraction of sp³-hybridized carbons (Fsp3) is 0.0714. The van der Waals surface area contributed by atoms with Crippen molar-refractivity contribution in [3.8, 4) is 11.5 Å². The Bertz CT molecular complexity index is 702. The molecule has 0 aliphatic heterocycles. The van der Waals surface area contributed by atoms with Gasteiger partial charge in [-0.25, -0.2) is 0 Å². The Morgan fingerprint density at radius 3 is 2.71 bits per heavy atom. The molecular weight excluding hydrogens is 389 g/mol. The van der Waals surface area contributed by atoms with E-state index in [1.807, 2.05) is 22.6 Å². The lowest BCUT2D eigenvalue weighted by molar-refractivity contribution is -0.385. The molecule has 0 fully saturated rings. The van der Waals surface area contributed by atoms with E-state index in [9.17, 15) is 14.9 Å². The van der Waals surface area contributed by atoms with Gasteiger partial charge in [0.25, 0.3) is 0 Å². The summed E-state index contributed by atoms with van der Waals surface area (Å²) in [7, 11) is 0. The van der Waals surface area contributed by atoms with Gasteiger partial charge in [0.2, 0.25) is 5.75 Å². The van der Waals surface area contributed by atoms with E-state index in [1.54, 1.807) is 30.3 Å². The third-order valence-corrected chi connectivity index (χ3v) is 3.27. The molecule has 0 spiro atoms. The van der Waals surface area contributed by atoms with Crippen LogP contribution in [0.3, 0.4) is 0 Å². The van der Waals surface area contributed by atoms with Crippen molar-refractivity contribution in [2.45, 2.75) is 6.42 Å². The predicted octanol–water partition coefficient (Wildman–Crippen LogP) is 3.62. The fourth-order valence-corrected chi connectivity index (χ4v) is 2.21. The molecule has 6 nitrogen and oxygen atoms in total. The Morgan fingerprint density at radius 2 is 2.05 bits per heavy atom. The monoisotopic (exact) mass is 399 g/mol. The first kappa shape index (κ1) is 15.2. The molecule has 0 unspecified atom stereocenters. The Balaban J connectivity index is 2.30. The zero-order valence-electron chi connectivity index (χ0n) is 10.7. The molecule has 21 heavy (non-hydrogen) atoms. The van der Waals surface area contributed by atoms with Crippen molar-refractivity contribution in [3.63, 3.8) is 0 Å². The molecule has 2 rings (SSSR count). The summed E-state index contributed by atoms with van der Waals surface area (Å²) in [6.07, 6.45) is -0.133. The maximum absolute atomic E-state index is 11.0. The molecular formula is C14H10INO5. The summed E-state index contributed by atoms with van der Waals surface area (Å²) in [5, 5.41) is 19.8. The summed E-state index contributed by atoms with van der Waals surface area (Å²) >= 11 is 1.98. The second-order valence-corrected chi connectivity index (χ2v) is 5.43. The number of ether oxygens (including phenoxy) is 1. The van der Waals surface area contributed by atoms with Crippen LogP contribution in [0.4, 0.5) is 5.69 Å². The van der Waals surface area contributed by atoms with Gasteiger partial charge >= 0.3 is 11.7 Å². The van der Waals surface area contributed by atoms with Gasteiger partial charge in [0.15, 0.2) is 0 Å². The number of hydrogen-bond acceptors (Lipinski definition) is 4. The molecule has 0 aliphatic carbocycles. The maximum Gasteiger partial charge on any atom is 0.312 e. The van der Waals surface area contributed by atoms with E-state index in [-0.39, 0.29) is 17.9 Å². The summed E-state index contributed by atoms with van der Waals surface area (Å²) in [5.41, 5.74) is 0.429. The van der Waals surface area contributed by atoms with Crippen LogP contribution in [0.1, 0.15) is 5.56 Å². The van der Waals surface area contributed by atoms with E-state index in [2.05, 4.69) is 0 Å². The first-order chi connectivity index (χ1) is 9.95. The molecule has 2 aromatic carbocycles. The molecule has 0 atom stereocenters. The second-order valence-electron chi connectivity index (χ2n) is 4.19. The molecule has 0 bridgehead atoms. The van der Waals surface area contributed by atoms with Crippen LogP contribution < -0.4 is 4.74 Å². The Hall–Kier alpha value is -2.16. The summed E-state index contributed by atoms with van der Waals surface area (Å²) in [6.45, 7) is 0. The number of nitro groups is 1. The summed E-state index contributed by atoms with van der Waals surface area (Å²) in [6, 6.07) is 11.1. The number of rotatable bonds is 5.